The van der Waals surface area contributed by atoms with Gasteiger partial charge in [-0.1, -0.05) is 26.7 Å². The van der Waals surface area contributed by atoms with Crippen LogP contribution in [0.25, 0.3) is 0 Å². The molecule has 0 heterocycles. The largest absolute Gasteiger partial charge is 0.469 e. The summed E-state index contributed by atoms with van der Waals surface area (Å²) in [4.78, 5) is 10.9. The molecule has 0 saturated heterocycles. The summed E-state index contributed by atoms with van der Waals surface area (Å²) >= 11 is 0. The van der Waals surface area contributed by atoms with Gasteiger partial charge in [-0.3, -0.25) is 4.79 Å². The molecular weight excluding hydrogens is 202 g/mol. The summed E-state index contributed by atoms with van der Waals surface area (Å²) in [5.74, 6) is 0.712. The first-order valence-corrected chi connectivity index (χ1v) is 6.34. The number of carbonyl (C=O) groups is 1. The van der Waals surface area contributed by atoms with Crippen LogP contribution in [-0.4, -0.2) is 26.2 Å². The topological polar surface area (TPSA) is 38.3 Å². The molecule has 1 N–H and O–H groups in total. The Morgan fingerprint density at radius 1 is 1.38 bits per heavy atom. The van der Waals surface area contributed by atoms with Crippen molar-refractivity contribution in [2.45, 2.75) is 46.0 Å². The molecule has 1 saturated carbocycles. The minimum Gasteiger partial charge on any atom is -0.469 e. The van der Waals surface area contributed by atoms with Gasteiger partial charge in [0.2, 0.25) is 0 Å². The highest BCUT2D eigenvalue weighted by molar-refractivity contribution is 5.69. The Morgan fingerprint density at radius 3 is 2.56 bits per heavy atom. The van der Waals surface area contributed by atoms with Crippen LogP contribution in [0.5, 0.6) is 0 Å². The molecule has 0 unspecified atom stereocenters. The zero-order chi connectivity index (χ0) is 12.0. The van der Waals surface area contributed by atoms with E-state index in [-0.39, 0.29) is 5.97 Å². The average molecular weight is 227 g/mol. The Kier molecular flexibility index (Phi) is 5.26. The highest BCUT2D eigenvalue weighted by Crippen LogP contribution is 2.38. The number of carbonyl (C=O) groups excluding carboxylic acids is 1. The van der Waals surface area contributed by atoms with E-state index in [4.69, 9.17) is 0 Å². The molecule has 0 bridgehead atoms. The molecule has 1 aliphatic rings. The van der Waals surface area contributed by atoms with Crippen molar-refractivity contribution in [2.75, 3.05) is 20.2 Å². The van der Waals surface area contributed by atoms with Crippen molar-refractivity contribution in [1.29, 1.82) is 0 Å². The van der Waals surface area contributed by atoms with Gasteiger partial charge in [0, 0.05) is 13.1 Å². The van der Waals surface area contributed by atoms with E-state index < -0.39 is 0 Å². The van der Waals surface area contributed by atoms with Crippen LogP contribution in [0.2, 0.25) is 0 Å². The number of hydrogen-bond donors (Lipinski definition) is 1. The Morgan fingerprint density at radius 2 is 2.00 bits per heavy atom. The third-order valence-electron chi connectivity index (χ3n) is 3.77. The molecular formula is C13H25NO2. The van der Waals surface area contributed by atoms with Crippen molar-refractivity contribution in [3.63, 3.8) is 0 Å². The quantitative estimate of drug-likeness (QED) is 0.559. The van der Waals surface area contributed by atoms with Gasteiger partial charge in [0.25, 0.3) is 0 Å². The Bertz CT molecular complexity index is 220. The van der Waals surface area contributed by atoms with Crippen LogP contribution < -0.4 is 5.32 Å². The summed E-state index contributed by atoms with van der Waals surface area (Å²) in [6.45, 7) is 6.37. The van der Waals surface area contributed by atoms with Crippen molar-refractivity contribution >= 4 is 5.97 Å². The van der Waals surface area contributed by atoms with E-state index in [2.05, 4.69) is 23.9 Å². The second-order valence-electron chi connectivity index (χ2n) is 5.47. The van der Waals surface area contributed by atoms with Gasteiger partial charge in [0.15, 0.2) is 0 Å². The number of hydrogen-bond acceptors (Lipinski definition) is 3. The molecule has 3 nitrogen and oxygen atoms in total. The molecule has 1 fully saturated rings. The predicted octanol–water partition coefficient (Wildman–Crippen LogP) is 2.36. The first-order valence-electron chi connectivity index (χ1n) is 6.34. The minimum atomic E-state index is -0.133. The van der Waals surface area contributed by atoms with E-state index in [1.54, 1.807) is 0 Å². The van der Waals surface area contributed by atoms with E-state index in [1.165, 1.54) is 32.8 Å². The van der Waals surface area contributed by atoms with E-state index in [9.17, 15) is 4.79 Å². The molecule has 0 radical (unpaired) electrons. The second kappa shape index (κ2) is 6.24. The first-order chi connectivity index (χ1) is 7.56. The van der Waals surface area contributed by atoms with Crippen molar-refractivity contribution in [3.8, 4) is 0 Å². The first kappa shape index (κ1) is 13.5. The Hall–Kier alpha value is -0.570. The molecule has 0 aromatic heterocycles. The van der Waals surface area contributed by atoms with Crippen LogP contribution in [0, 0.1) is 11.3 Å². The van der Waals surface area contributed by atoms with Crippen LogP contribution in [0.3, 0.4) is 0 Å². The Labute approximate surface area is 98.9 Å². The lowest BCUT2D eigenvalue weighted by Gasteiger charge is -2.32. The van der Waals surface area contributed by atoms with E-state index in [0.717, 1.165) is 19.0 Å². The molecule has 16 heavy (non-hydrogen) atoms. The van der Waals surface area contributed by atoms with Gasteiger partial charge < -0.3 is 10.1 Å². The highest BCUT2D eigenvalue weighted by atomic mass is 16.5. The van der Waals surface area contributed by atoms with E-state index >= 15 is 0 Å². The van der Waals surface area contributed by atoms with E-state index in [0.29, 0.717) is 11.8 Å². The predicted molar refractivity (Wildman–Crippen MR) is 65.2 cm³/mol. The third kappa shape index (κ3) is 4.12. The van der Waals surface area contributed by atoms with Gasteiger partial charge in [-0.2, -0.15) is 0 Å². The number of methoxy groups -OCH3 is 1. The molecule has 0 atom stereocenters. The maximum Gasteiger partial charge on any atom is 0.306 e. The molecule has 0 spiro atoms. The maximum absolute atomic E-state index is 10.9. The van der Waals surface area contributed by atoms with Crippen LogP contribution in [0.4, 0.5) is 0 Å². The fourth-order valence-corrected chi connectivity index (χ4v) is 2.55. The normalized spacial score (nSPS) is 17.7. The van der Waals surface area contributed by atoms with Crippen LogP contribution in [0.1, 0.15) is 46.0 Å². The molecule has 94 valence electrons. The number of ether oxygens (including phenoxy) is 1. The van der Waals surface area contributed by atoms with Crippen LogP contribution >= 0.6 is 0 Å². The molecule has 0 aromatic carbocycles. The minimum absolute atomic E-state index is 0.133. The molecule has 1 rings (SSSR count). The summed E-state index contributed by atoms with van der Waals surface area (Å²) in [5.41, 5.74) is 0.354. The molecule has 1 aliphatic carbocycles. The summed E-state index contributed by atoms with van der Waals surface area (Å²) in [5, 5.41) is 3.37. The lowest BCUT2D eigenvalue weighted by molar-refractivity contribution is -0.140. The molecule has 0 aliphatic heterocycles. The van der Waals surface area contributed by atoms with Crippen LogP contribution in [-0.2, 0) is 9.53 Å². The number of nitrogens with one attached hydrogen (secondary N) is 1. The van der Waals surface area contributed by atoms with Gasteiger partial charge in [-0.15, -0.1) is 0 Å². The lowest BCUT2D eigenvalue weighted by atomic mass is 9.78. The smallest absolute Gasteiger partial charge is 0.306 e. The molecule has 3 heteroatoms. The maximum atomic E-state index is 10.9. The summed E-state index contributed by atoms with van der Waals surface area (Å²) in [6, 6.07) is 0. The molecule has 0 amide bonds. The summed E-state index contributed by atoms with van der Waals surface area (Å²) < 4.78 is 4.60. The second-order valence-corrected chi connectivity index (χ2v) is 5.47. The van der Waals surface area contributed by atoms with Gasteiger partial charge in [-0.05, 0) is 24.2 Å². The zero-order valence-electron chi connectivity index (χ0n) is 10.8. The summed E-state index contributed by atoms with van der Waals surface area (Å²) in [7, 11) is 1.44. The number of rotatable bonds is 6. The van der Waals surface area contributed by atoms with Gasteiger partial charge in [0.1, 0.15) is 0 Å². The van der Waals surface area contributed by atoms with Gasteiger partial charge >= 0.3 is 5.97 Å². The number of esters is 1. The van der Waals surface area contributed by atoms with Crippen molar-refractivity contribution in [2.24, 2.45) is 11.3 Å². The SMILES string of the molecule is COC(=O)CCNCC(C)(C)C1CCCC1. The highest BCUT2D eigenvalue weighted by Gasteiger charge is 2.31. The average Bonchev–Trinajstić information content (AvgIpc) is 2.78. The van der Waals surface area contributed by atoms with Crippen molar-refractivity contribution < 1.29 is 9.53 Å². The van der Waals surface area contributed by atoms with Crippen molar-refractivity contribution in [1.82, 2.24) is 5.32 Å². The monoisotopic (exact) mass is 227 g/mol. The van der Waals surface area contributed by atoms with Crippen LogP contribution in [0.15, 0.2) is 0 Å². The lowest BCUT2D eigenvalue weighted by Crippen LogP contribution is -2.35. The molecule has 0 aromatic rings. The standard InChI is InChI=1S/C13H25NO2/c1-13(2,11-6-4-5-7-11)10-14-9-8-12(15)16-3/h11,14H,4-10H2,1-3H3. The van der Waals surface area contributed by atoms with Gasteiger partial charge in [0.05, 0.1) is 13.5 Å². The summed E-state index contributed by atoms with van der Waals surface area (Å²) in [6.07, 6.45) is 5.97. The Balaban J connectivity index is 2.17. The third-order valence-corrected chi connectivity index (χ3v) is 3.77. The zero-order valence-corrected chi connectivity index (χ0v) is 10.8. The van der Waals surface area contributed by atoms with E-state index in [1.807, 2.05) is 0 Å². The fourth-order valence-electron chi connectivity index (χ4n) is 2.55. The van der Waals surface area contributed by atoms with Gasteiger partial charge in [-0.25, -0.2) is 0 Å². The fraction of sp³-hybridized carbons (Fsp3) is 0.923. The van der Waals surface area contributed by atoms with Crippen molar-refractivity contribution in [3.05, 3.63) is 0 Å².